The molecule has 4 heteroatoms. The standard InChI is InChI=1S/C13H20ClNO.ClH/c1-5-10(15)7-11-9(3)13(14)8(2)6-12(11)16-4;/h6,10H,5,7,15H2,1-4H3;1H. The fraction of sp³-hybridized carbons (Fsp3) is 0.538. The average molecular weight is 278 g/mol. The highest BCUT2D eigenvalue weighted by Crippen LogP contribution is 2.32. The molecule has 2 N–H and O–H groups in total. The normalized spacial score (nSPS) is 11.9. The van der Waals surface area contributed by atoms with Crippen molar-refractivity contribution in [2.75, 3.05) is 7.11 Å². The lowest BCUT2D eigenvalue weighted by atomic mass is 9.97. The molecule has 1 aromatic carbocycles. The van der Waals surface area contributed by atoms with Gasteiger partial charge < -0.3 is 10.5 Å². The Morgan fingerprint density at radius 2 is 2.00 bits per heavy atom. The number of rotatable bonds is 4. The molecule has 98 valence electrons. The van der Waals surface area contributed by atoms with E-state index in [0.717, 1.165) is 40.3 Å². The molecule has 0 saturated heterocycles. The van der Waals surface area contributed by atoms with Gasteiger partial charge in [-0.3, -0.25) is 0 Å². The molecule has 17 heavy (non-hydrogen) atoms. The van der Waals surface area contributed by atoms with Gasteiger partial charge in [-0.15, -0.1) is 12.4 Å². The second-order valence-electron chi connectivity index (χ2n) is 4.19. The largest absolute Gasteiger partial charge is 0.496 e. The van der Waals surface area contributed by atoms with Crippen LogP contribution in [-0.2, 0) is 6.42 Å². The van der Waals surface area contributed by atoms with Crippen molar-refractivity contribution in [2.45, 2.75) is 39.7 Å². The Kier molecular flexibility index (Phi) is 6.91. The third-order valence-electron chi connectivity index (χ3n) is 2.98. The zero-order valence-electron chi connectivity index (χ0n) is 10.8. The first kappa shape index (κ1) is 16.6. The van der Waals surface area contributed by atoms with Gasteiger partial charge in [-0.25, -0.2) is 0 Å². The first-order valence-electron chi connectivity index (χ1n) is 5.59. The highest BCUT2D eigenvalue weighted by Gasteiger charge is 2.14. The molecule has 0 radical (unpaired) electrons. The lowest BCUT2D eigenvalue weighted by molar-refractivity contribution is 0.406. The second kappa shape index (κ2) is 7.10. The molecule has 0 bridgehead atoms. The Morgan fingerprint density at radius 1 is 1.41 bits per heavy atom. The Labute approximate surface area is 115 Å². The number of nitrogens with two attached hydrogens (primary N) is 1. The minimum Gasteiger partial charge on any atom is -0.496 e. The fourth-order valence-electron chi connectivity index (χ4n) is 1.80. The second-order valence-corrected chi connectivity index (χ2v) is 4.56. The van der Waals surface area contributed by atoms with E-state index in [1.54, 1.807) is 7.11 Å². The summed E-state index contributed by atoms with van der Waals surface area (Å²) >= 11 is 6.24. The van der Waals surface area contributed by atoms with Crippen LogP contribution in [0.25, 0.3) is 0 Å². The van der Waals surface area contributed by atoms with Crippen molar-refractivity contribution >= 4 is 24.0 Å². The van der Waals surface area contributed by atoms with E-state index in [9.17, 15) is 0 Å². The number of benzene rings is 1. The lowest BCUT2D eigenvalue weighted by Crippen LogP contribution is -2.22. The first-order chi connectivity index (χ1) is 7.51. The molecule has 1 aromatic rings. The van der Waals surface area contributed by atoms with Crippen molar-refractivity contribution in [1.82, 2.24) is 0 Å². The Bertz CT molecular complexity index is 380. The van der Waals surface area contributed by atoms with Gasteiger partial charge in [0.05, 0.1) is 7.11 Å². The van der Waals surface area contributed by atoms with Gasteiger partial charge >= 0.3 is 0 Å². The number of ether oxygens (including phenoxy) is 1. The monoisotopic (exact) mass is 277 g/mol. The summed E-state index contributed by atoms with van der Waals surface area (Å²) in [4.78, 5) is 0. The third-order valence-corrected chi connectivity index (χ3v) is 3.57. The summed E-state index contributed by atoms with van der Waals surface area (Å²) in [6.07, 6.45) is 1.76. The quantitative estimate of drug-likeness (QED) is 0.912. The van der Waals surface area contributed by atoms with Gasteiger partial charge in [-0.1, -0.05) is 18.5 Å². The maximum Gasteiger partial charge on any atom is 0.122 e. The molecule has 0 aliphatic carbocycles. The molecule has 0 aliphatic heterocycles. The highest BCUT2D eigenvalue weighted by molar-refractivity contribution is 6.32. The van der Waals surface area contributed by atoms with E-state index in [1.165, 1.54) is 0 Å². The average Bonchev–Trinajstić information content (AvgIpc) is 2.29. The fourth-order valence-corrected chi connectivity index (χ4v) is 1.97. The number of halogens is 2. The summed E-state index contributed by atoms with van der Waals surface area (Å²) in [7, 11) is 1.68. The van der Waals surface area contributed by atoms with E-state index >= 15 is 0 Å². The van der Waals surface area contributed by atoms with Crippen LogP contribution in [0.5, 0.6) is 5.75 Å². The van der Waals surface area contributed by atoms with Crippen molar-refractivity contribution < 1.29 is 4.74 Å². The van der Waals surface area contributed by atoms with E-state index < -0.39 is 0 Å². The number of hydrogen-bond donors (Lipinski definition) is 1. The maximum absolute atomic E-state index is 6.24. The van der Waals surface area contributed by atoms with Crippen LogP contribution in [0.4, 0.5) is 0 Å². The molecular weight excluding hydrogens is 257 g/mol. The van der Waals surface area contributed by atoms with Crippen LogP contribution in [-0.4, -0.2) is 13.2 Å². The van der Waals surface area contributed by atoms with E-state index in [4.69, 9.17) is 22.1 Å². The summed E-state index contributed by atoms with van der Waals surface area (Å²) < 4.78 is 5.39. The third kappa shape index (κ3) is 3.77. The molecule has 0 saturated carbocycles. The van der Waals surface area contributed by atoms with Crippen LogP contribution in [0, 0.1) is 13.8 Å². The minimum absolute atomic E-state index is 0. The van der Waals surface area contributed by atoms with Gasteiger partial charge in [-0.05, 0) is 43.9 Å². The van der Waals surface area contributed by atoms with E-state index in [2.05, 4.69) is 6.92 Å². The zero-order valence-corrected chi connectivity index (χ0v) is 12.4. The molecule has 1 rings (SSSR count). The number of aryl methyl sites for hydroxylation is 1. The maximum atomic E-state index is 6.24. The van der Waals surface area contributed by atoms with Crippen LogP contribution in [0.3, 0.4) is 0 Å². The van der Waals surface area contributed by atoms with Gasteiger partial charge in [0, 0.05) is 16.6 Å². The first-order valence-corrected chi connectivity index (χ1v) is 5.97. The van der Waals surface area contributed by atoms with Crippen molar-refractivity contribution in [1.29, 1.82) is 0 Å². The molecule has 0 aliphatic rings. The molecular formula is C13H21Cl2NO. The molecule has 0 heterocycles. The Balaban J connectivity index is 0.00000256. The van der Waals surface area contributed by atoms with Gasteiger partial charge in [0.15, 0.2) is 0 Å². The molecule has 0 amide bonds. The number of methoxy groups -OCH3 is 1. The molecule has 1 unspecified atom stereocenters. The van der Waals surface area contributed by atoms with E-state index in [-0.39, 0.29) is 18.4 Å². The van der Waals surface area contributed by atoms with Crippen molar-refractivity contribution in [3.05, 3.63) is 27.8 Å². The minimum atomic E-state index is 0. The zero-order chi connectivity index (χ0) is 12.3. The van der Waals surface area contributed by atoms with Crippen LogP contribution in [0.2, 0.25) is 5.02 Å². The van der Waals surface area contributed by atoms with Gasteiger partial charge in [0.1, 0.15) is 5.75 Å². The van der Waals surface area contributed by atoms with Crippen LogP contribution >= 0.6 is 24.0 Å². The molecule has 2 nitrogen and oxygen atoms in total. The SMILES string of the molecule is CCC(N)Cc1c(OC)cc(C)c(Cl)c1C.Cl. The van der Waals surface area contributed by atoms with Crippen LogP contribution in [0.1, 0.15) is 30.0 Å². The van der Waals surface area contributed by atoms with E-state index in [0.29, 0.717) is 0 Å². The van der Waals surface area contributed by atoms with Crippen molar-refractivity contribution in [2.24, 2.45) is 5.73 Å². The molecule has 0 fully saturated rings. The Hall–Kier alpha value is -0.440. The van der Waals surface area contributed by atoms with Gasteiger partial charge in [0.25, 0.3) is 0 Å². The van der Waals surface area contributed by atoms with Crippen molar-refractivity contribution in [3.8, 4) is 5.75 Å². The van der Waals surface area contributed by atoms with E-state index in [1.807, 2.05) is 19.9 Å². The summed E-state index contributed by atoms with van der Waals surface area (Å²) in [6.45, 7) is 6.10. The van der Waals surface area contributed by atoms with Gasteiger partial charge in [0.2, 0.25) is 0 Å². The molecule has 0 spiro atoms. The summed E-state index contributed by atoms with van der Waals surface area (Å²) in [6, 6.07) is 2.14. The van der Waals surface area contributed by atoms with Crippen molar-refractivity contribution in [3.63, 3.8) is 0 Å². The molecule has 1 atom stereocenters. The summed E-state index contributed by atoms with van der Waals surface area (Å²) in [5, 5.41) is 0.819. The summed E-state index contributed by atoms with van der Waals surface area (Å²) in [5.74, 6) is 0.892. The number of hydrogen-bond acceptors (Lipinski definition) is 2. The van der Waals surface area contributed by atoms with Gasteiger partial charge in [-0.2, -0.15) is 0 Å². The Morgan fingerprint density at radius 3 is 2.47 bits per heavy atom. The van der Waals surface area contributed by atoms with Crippen LogP contribution in [0.15, 0.2) is 6.07 Å². The highest BCUT2D eigenvalue weighted by atomic mass is 35.5. The smallest absolute Gasteiger partial charge is 0.122 e. The topological polar surface area (TPSA) is 35.2 Å². The van der Waals surface area contributed by atoms with Crippen LogP contribution < -0.4 is 10.5 Å². The predicted molar refractivity (Wildman–Crippen MR) is 76.7 cm³/mol. The predicted octanol–water partition coefficient (Wildman–Crippen LogP) is 3.67. The molecule has 0 aromatic heterocycles. The lowest BCUT2D eigenvalue weighted by Gasteiger charge is -2.17. The summed E-state index contributed by atoms with van der Waals surface area (Å²) in [5.41, 5.74) is 9.25.